The fraction of sp³-hybridized carbons (Fsp3) is 0.0238. The summed E-state index contributed by atoms with van der Waals surface area (Å²) >= 11 is 0. The van der Waals surface area contributed by atoms with E-state index >= 15 is 0 Å². The zero-order valence-electron chi connectivity index (χ0n) is 25.1. The van der Waals surface area contributed by atoms with Crippen molar-refractivity contribution in [3.63, 3.8) is 0 Å². The highest BCUT2D eigenvalue weighted by molar-refractivity contribution is 6.15. The van der Waals surface area contributed by atoms with Crippen molar-refractivity contribution in [2.75, 3.05) is 4.90 Å². The predicted octanol–water partition coefficient (Wildman–Crippen LogP) is 9.63. The lowest BCUT2D eigenvalue weighted by atomic mass is 9.57. The van der Waals surface area contributed by atoms with Crippen LogP contribution in [0.5, 0.6) is 11.5 Å². The van der Waals surface area contributed by atoms with Crippen LogP contribution in [0, 0.1) is 0 Å². The summed E-state index contributed by atoms with van der Waals surface area (Å²) in [6, 6.07) is 47.3. The molecule has 1 unspecified atom stereocenters. The van der Waals surface area contributed by atoms with Gasteiger partial charge in [-0.25, -0.2) is 0 Å². The second kappa shape index (κ2) is 9.59. The largest absolute Gasteiger partial charge is 0.453 e. The molecule has 3 aliphatic rings. The van der Waals surface area contributed by atoms with Crippen molar-refractivity contribution in [2.45, 2.75) is 5.41 Å². The van der Waals surface area contributed by atoms with Gasteiger partial charge in [0.05, 0.1) is 33.9 Å². The van der Waals surface area contributed by atoms with Crippen LogP contribution in [0.4, 0.5) is 17.1 Å². The van der Waals surface area contributed by atoms with E-state index < -0.39 is 5.41 Å². The second-order valence-corrected chi connectivity index (χ2v) is 12.1. The highest BCUT2D eigenvalue weighted by atomic mass is 16.5. The van der Waals surface area contributed by atoms with Crippen LogP contribution in [0.15, 0.2) is 152 Å². The second-order valence-electron chi connectivity index (χ2n) is 12.1. The number of rotatable bonds is 2. The van der Waals surface area contributed by atoms with Gasteiger partial charge in [0.2, 0.25) is 0 Å². The molecule has 0 fully saturated rings. The third-order valence-corrected chi connectivity index (χ3v) is 9.76. The van der Waals surface area contributed by atoms with E-state index in [0.717, 1.165) is 73.3 Å². The Labute approximate surface area is 271 Å². The molecule has 0 bridgehead atoms. The third kappa shape index (κ3) is 3.45. The third-order valence-electron chi connectivity index (χ3n) is 9.76. The number of carbonyl (C=O) groups excluding carboxylic acids is 1. The number of pyridine rings is 2. The predicted molar refractivity (Wildman–Crippen MR) is 183 cm³/mol. The van der Waals surface area contributed by atoms with Crippen molar-refractivity contribution < 1.29 is 9.53 Å². The number of aromatic nitrogens is 2. The summed E-state index contributed by atoms with van der Waals surface area (Å²) in [5, 5.41) is 0. The number of para-hydroxylation sites is 4. The molecule has 2 aliphatic heterocycles. The van der Waals surface area contributed by atoms with Crippen molar-refractivity contribution >= 4 is 22.8 Å². The topological polar surface area (TPSA) is 55.3 Å². The SMILES string of the molecule is O=C1c2cc(-c3ccccn3)ccc2C2(c3cc(-c4ccccn4)ccc31)c1ccccc1N1c3ccccc3Oc3cccc2c31. The minimum atomic E-state index is -0.833. The molecule has 0 saturated heterocycles. The Morgan fingerprint density at radius 2 is 1.17 bits per heavy atom. The number of anilines is 3. The van der Waals surface area contributed by atoms with Gasteiger partial charge >= 0.3 is 0 Å². The average Bonchev–Trinajstić information content (AvgIpc) is 3.15. The molecular formula is C42H25N3O2. The molecule has 5 nitrogen and oxygen atoms in total. The van der Waals surface area contributed by atoms with E-state index in [4.69, 9.17) is 4.74 Å². The van der Waals surface area contributed by atoms with E-state index in [0.29, 0.717) is 11.1 Å². The summed E-state index contributed by atoms with van der Waals surface area (Å²) in [7, 11) is 0. The number of nitrogens with zero attached hydrogens (tertiary/aromatic N) is 3. The lowest BCUT2D eigenvalue weighted by Crippen LogP contribution is -2.43. The molecule has 4 heterocycles. The van der Waals surface area contributed by atoms with Crippen LogP contribution in [-0.4, -0.2) is 15.8 Å². The van der Waals surface area contributed by atoms with Crippen molar-refractivity contribution in [3.8, 4) is 34.0 Å². The maximum Gasteiger partial charge on any atom is 0.193 e. The molecule has 1 atom stereocenters. The highest BCUT2D eigenvalue weighted by Gasteiger charge is 2.53. The summed E-state index contributed by atoms with van der Waals surface area (Å²) in [6.07, 6.45) is 3.59. The molecule has 1 spiro atoms. The molecule has 0 saturated carbocycles. The maximum atomic E-state index is 14.7. The molecule has 10 rings (SSSR count). The molecule has 0 N–H and O–H groups in total. The van der Waals surface area contributed by atoms with Gasteiger partial charge in [0.25, 0.3) is 0 Å². The fourth-order valence-electron chi connectivity index (χ4n) is 7.85. The summed E-state index contributed by atoms with van der Waals surface area (Å²) in [4.78, 5) is 26.3. The summed E-state index contributed by atoms with van der Waals surface area (Å²) in [5.74, 6) is 1.58. The Bertz CT molecular complexity index is 2420. The first kappa shape index (κ1) is 25.9. The van der Waals surface area contributed by atoms with E-state index in [1.54, 1.807) is 12.4 Å². The molecule has 7 aromatic rings. The van der Waals surface area contributed by atoms with Gasteiger partial charge in [-0.15, -0.1) is 0 Å². The average molecular weight is 604 g/mol. The van der Waals surface area contributed by atoms with Gasteiger partial charge in [-0.3, -0.25) is 14.8 Å². The van der Waals surface area contributed by atoms with Gasteiger partial charge in [-0.2, -0.15) is 0 Å². The van der Waals surface area contributed by atoms with Crippen LogP contribution >= 0.6 is 0 Å². The van der Waals surface area contributed by atoms with Crippen LogP contribution < -0.4 is 9.64 Å². The van der Waals surface area contributed by atoms with Crippen molar-refractivity contribution in [1.29, 1.82) is 0 Å². The van der Waals surface area contributed by atoms with Crippen molar-refractivity contribution in [3.05, 3.63) is 185 Å². The summed E-state index contributed by atoms with van der Waals surface area (Å²) in [6.45, 7) is 0. The van der Waals surface area contributed by atoms with Crippen LogP contribution in [0.25, 0.3) is 22.5 Å². The molecule has 1 aliphatic carbocycles. The minimum absolute atomic E-state index is 0.00252. The number of carbonyl (C=O) groups is 1. The Morgan fingerprint density at radius 3 is 1.96 bits per heavy atom. The number of ether oxygens (including phenoxy) is 1. The van der Waals surface area contributed by atoms with E-state index in [1.165, 1.54) is 0 Å². The fourth-order valence-corrected chi connectivity index (χ4v) is 7.85. The number of hydrogen-bond donors (Lipinski definition) is 0. The zero-order valence-corrected chi connectivity index (χ0v) is 25.1. The van der Waals surface area contributed by atoms with Gasteiger partial charge in [0, 0.05) is 34.6 Å². The van der Waals surface area contributed by atoms with Gasteiger partial charge in [-0.1, -0.05) is 78.9 Å². The molecule has 0 radical (unpaired) electrons. The molecule has 220 valence electrons. The highest BCUT2D eigenvalue weighted by Crippen LogP contribution is 2.64. The Balaban J connectivity index is 1.35. The van der Waals surface area contributed by atoms with Crippen LogP contribution in [0.3, 0.4) is 0 Å². The standard InChI is InChI=1S/C42H25N3O2/c46-41-28-20-18-27(35-13-6-8-23-44-35)25-33(28)42(30-21-19-26(24-29(30)41)34-12-5-7-22-43-34)31-10-1-2-14-36(31)45-37-15-3-4-16-38(37)47-39-17-9-11-32(42)40(39)45/h1-25H. The van der Waals surface area contributed by atoms with Gasteiger partial charge in [0.1, 0.15) is 0 Å². The Hall–Kier alpha value is -6.33. The van der Waals surface area contributed by atoms with Crippen LogP contribution in [-0.2, 0) is 5.41 Å². The van der Waals surface area contributed by atoms with E-state index in [2.05, 4.69) is 75.5 Å². The van der Waals surface area contributed by atoms with Gasteiger partial charge in [-0.05, 0) is 82.9 Å². The first-order chi connectivity index (χ1) is 23.2. The van der Waals surface area contributed by atoms with Gasteiger partial charge in [0.15, 0.2) is 17.3 Å². The number of ketones is 1. The van der Waals surface area contributed by atoms with Crippen molar-refractivity contribution in [2.24, 2.45) is 0 Å². The molecule has 0 amide bonds. The Kier molecular flexibility index (Phi) is 5.29. The number of fused-ring (bicyclic) bond motifs is 10. The first-order valence-corrected chi connectivity index (χ1v) is 15.7. The molecule has 2 aromatic heterocycles. The quantitative estimate of drug-likeness (QED) is 0.197. The number of hydrogen-bond acceptors (Lipinski definition) is 5. The Morgan fingerprint density at radius 1 is 0.511 bits per heavy atom. The molecule has 5 aromatic carbocycles. The normalized spacial score (nSPS) is 16.3. The summed E-state index contributed by atoms with van der Waals surface area (Å²) < 4.78 is 6.61. The lowest BCUT2D eigenvalue weighted by molar-refractivity contribution is 0.103. The van der Waals surface area contributed by atoms with E-state index in [9.17, 15) is 4.79 Å². The first-order valence-electron chi connectivity index (χ1n) is 15.7. The van der Waals surface area contributed by atoms with Crippen LogP contribution in [0.2, 0.25) is 0 Å². The zero-order chi connectivity index (χ0) is 31.1. The van der Waals surface area contributed by atoms with Gasteiger partial charge < -0.3 is 9.64 Å². The van der Waals surface area contributed by atoms with Crippen LogP contribution in [0.1, 0.15) is 38.2 Å². The number of benzene rings is 5. The van der Waals surface area contributed by atoms with E-state index in [-0.39, 0.29) is 5.78 Å². The maximum absolute atomic E-state index is 14.7. The van der Waals surface area contributed by atoms with E-state index in [1.807, 2.05) is 78.9 Å². The lowest BCUT2D eigenvalue weighted by Gasteiger charge is -2.50. The molecular weight excluding hydrogens is 578 g/mol. The summed E-state index contributed by atoms with van der Waals surface area (Å²) in [5.41, 5.74) is 11.1. The molecule has 5 heteroatoms. The van der Waals surface area contributed by atoms with Crippen molar-refractivity contribution in [1.82, 2.24) is 9.97 Å². The smallest absolute Gasteiger partial charge is 0.193 e. The minimum Gasteiger partial charge on any atom is -0.453 e. The molecule has 47 heavy (non-hydrogen) atoms. The monoisotopic (exact) mass is 603 g/mol.